The minimum atomic E-state index is -1.29. The molecular weight excluding hydrogens is 629 g/mol. The second kappa shape index (κ2) is 13.7. The number of nitrogens with one attached hydrogen (secondary N) is 1. The largest absolute Gasteiger partial charge is 0.496 e. The number of methoxy groups -OCH3 is 2. The molecule has 46 heavy (non-hydrogen) atoms. The van der Waals surface area contributed by atoms with E-state index in [1.165, 1.54) is 6.42 Å². The fourth-order valence-electron chi connectivity index (χ4n) is 8.01. The highest BCUT2D eigenvalue weighted by molar-refractivity contribution is 6.32. The predicted octanol–water partition coefficient (Wildman–Crippen LogP) is 6.46. The number of likely N-dealkylation sites (N-methyl/N-ethyl adjacent to an activating group) is 1. The zero-order valence-corrected chi connectivity index (χ0v) is 28.1. The number of benzene rings is 2. The quantitative estimate of drug-likeness (QED) is 0.239. The van der Waals surface area contributed by atoms with E-state index in [9.17, 15) is 14.7 Å². The van der Waals surface area contributed by atoms with Gasteiger partial charge in [0.15, 0.2) is 0 Å². The van der Waals surface area contributed by atoms with E-state index in [0.29, 0.717) is 69.6 Å². The Kier molecular flexibility index (Phi) is 10.1. The Morgan fingerprint density at radius 1 is 0.957 bits per heavy atom. The van der Waals surface area contributed by atoms with Crippen molar-refractivity contribution in [1.29, 1.82) is 0 Å². The lowest BCUT2D eigenvalue weighted by Gasteiger charge is -2.59. The summed E-state index contributed by atoms with van der Waals surface area (Å²) in [4.78, 5) is 33.9. The average molecular weight is 671 g/mol. The maximum absolute atomic E-state index is 14.0. The smallest absolute Gasteiger partial charge is 0.330 e. The average Bonchev–Trinajstić information content (AvgIpc) is 3.02. The van der Waals surface area contributed by atoms with E-state index < -0.39 is 17.4 Å². The summed E-state index contributed by atoms with van der Waals surface area (Å²) in [5.41, 5.74) is 1.33. The van der Waals surface area contributed by atoms with E-state index in [4.69, 9.17) is 30.8 Å². The highest BCUT2D eigenvalue weighted by Crippen LogP contribution is 2.58. The van der Waals surface area contributed by atoms with Crippen LogP contribution in [0.1, 0.15) is 42.6 Å². The minimum absolute atomic E-state index is 0. The number of carboxylic acid groups (broad SMARTS) is 1. The van der Waals surface area contributed by atoms with Crippen LogP contribution in [0.15, 0.2) is 48.5 Å². The van der Waals surface area contributed by atoms with Gasteiger partial charge in [0.1, 0.15) is 35.1 Å². The molecule has 4 aliphatic rings. The molecule has 4 fully saturated rings. The molecule has 3 aromatic rings. The number of carboxylic acids is 1. The van der Waals surface area contributed by atoms with Gasteiger partial charge in [-0.2, -0.15) is 0 Å². The van der Waals surface area contributed by atoms with Crippen molar-refractivity contribution >= 4 is 35.9 Å². The molecule has 1 amide bonds. The molecule has 1 aromatic heterocycles. The van der Waals surface area contributed by atoms with E-state index in [1.54, 1.807) is 26.4 Å². The highest BCUT2D eigenvalue weighted by atomic mass is 35.5. The summed E-state index contributed by atoms with van der Waals surface area (Å²) < 4.78 is 17.5. The molecule has 11 heteroatoms. The van der Waals surface area contributed by atoms with Crippen LogP contribution in [0.4, 0.5) is 0 Å². The Hall–Kier alpha value is -3.53. The molecule has 4 saturated carbocycles. The number of nitrogens with zero attached hydrogens (tertiary/aromatic N) is 2. The summed E-state index contributed by atoms with van der Waals surface area (Å²) >= 11 is 6.53. The molecule has 0 saturated heterocycles. The van der Waals surface area contributed by atoms with Crippen molar-refractivity contribution in [1.82, 2.24) is 15.2 Å². The molecular formula is C35H41Cl2N3O6. The third-order valence-electron chi connectivity index (χ3n) is 9.93. The number of hydrogen-bond acceptors (Lipinski definition) is 7. The molecule has 7 rings (SSSR count). The normalized spacial score (nSPS) is 24.3. The van der Waals surface area contributed by atoms with Crippen LogP contribution in [0.3, 0.4) is 0 Å². The molecule has 2 N–H and O–H groups in total. The molecule has 4 aliphatic carbocycles. The molecule has 0 aliphatic heterocycles. The van der Waals surface area contributed by atoms with Crippen LogP contribution >= 0.6 is 24.0 Å². The van der Waals surface area contributed by atoms with Crippen LogP contribution < -0.4 is 19.5 Å². The summed E-state index contributed by atoms with van der Waals surface area (Å²) in [6.07, 6.45) is 4.54. The van der Waals surface area contributed by atoms with Crippen molar-refractivity contribution in [2.24, 2.45) is 23.7 Å². The number of carbonyl (C=O) groups is 2. The van der Waals surface area contributed by atoms with Gasteiger partial charge < -0.3 is 29.5 Å². The monoisotopic (exact) mass is 669 g/mol. The van der Waals surface area contributed by atoms with Gasteiger partial charge in [0.2, 0.25) is 0 Å². The minimum Gasteiger partial charge on any atom is -0.496 e. The third kappa shape index (κ3) is 6.12. The van der Waals surface area contributed by atoms with Crippen molar-refractivity contribution < 1.29 is 28.9 Å². The summed E-state index contributed by atoms with van der Waals surface area (Å²) in [6.45, 7) is 1.13. The molecule has 0 atom stereocenters. The number of pyridine rings is 1. The summed E-state index contributed by atoms with van der Waals surface area (Å²) in [7, 11) is 7.10. The van der Waals surface area contributed by atoms with Gasteiger partial charge in [0.05, 0.1) is 30.5 Å². The summed E-state index contributed by atoms with van der Waals surface area (Å²) in [5, 5.41) is 14.1. The van der Waals surface area contributed by atoms with Gasteiger partial charge in [-0.25, -0.2) is 9.78 Å². The molecule has 2 aromatic carbocycles. The SMILES string of the molecule is COc1cccc(OC)c1-c1ccc(C(=O)NC2(C(=O)O)C3CC4CC(C3)CC2C4)nc1-c1ccc(Cl)c(OCCN(C)C)c1.Cl. The van der Waals surface area contributed by atoms with Crippen LogP contribution in [-0.4, -0.2) is 73.9 Å². The van der Waals surface area contributed by atoms with Crippen molar-refractivity contribution in [3.63, 3.8) is 0 Å². The molecule has 246 valence electrons. The molecule has 0 spiro atoms. The standard InChI is InChI=1S/C35H40ClN3O6.ClH/c1-39(2)12-13-45-30-19-22(8-10-26(30)36)32-25(31-28(43-3)6-5-7-29(31)44-4)9-11-27(37-32)33(40)38-35(34(41)42)23-15-20-14-21(17-23)18-24(35)16-20;/h5-11,19-21,23-24H,12-18H2,1-4H3,(H,38,40)(H,41,42);1H. The first-order valence-electron chi connectivity index (χ1n) is 15.5. The van der Waals surface area contributed by atoms with Crippen molar-refractivity contribution in [2.45, 2.75) is 37.6 Å². The van der Waals surface area contributed by atoms with Gasteiger partial charge in [0.25, 0.3) is 5.91 Å². The second-order valence-corrected chi connectivity index (χ2v) is 13.3. The number of ether oxygens (including phenoxy) is 3. The second-order valence-electron chi connectivity index (χ2n) is 12.9. The van der Waals surface area contributed by atoms with Gasteiger partial charge in [-0.15, -0.1) is 12.4 Å². The Bertz CT molecular complexity index is 1560. The Balaban J connectivity index is 0.00000417. The van der Waals surface area contributed by atoms with Gasteiger partial charge in [-0.3, -0.25) is 4.79 Å². The summed E-state index contributed by atoms with van der Waals surface area (Å²) in [5.74, 6) is 1.14. The molecule has 9 nitrogen and oxygen atoms in total. The lowest BCUT2D eigenvalue weighted by atomic mass is 9.48. The van der Waals surface area contributed by atoms with E-state index in [1.807, 2.05) is 55.4 Å². The predicted molar refractivity (Wildman–Crippen MR) is 179 cm³/mol. The third-order valence-corrected chi connectivity index (χ3v) is 10.2. The number of aromatic nitrogens is 1. The number of hydrogen-bond donors (Lipinski definition) is 2. The zero-order chi connectivity index (χ0) is 31.9. The van der Waals surface area contributed by atoms with Crippen LogP contribution in [0.25, 0.3) is 22.4 Å². The Morgan fingerprint density at radius 3 is 2.15 bits per heavy atom. The fourth-order valence-corrected chi connectivity index (χ4v) is 8.18. The molecule has 1 heterocycles. The van der Waals surface area contributed by atoms with Crippen LogP contribution in [0.2, 0.25) is 5.02 Å². The zero-order valence-electron chi connectivity index (χ0n) is 26.5. The molecule has 4 bridgehead atoms. The van der Waals surface area contributed by atoms with Gasteiger partial charge >= 0.3 is 5.97 Å². The first-order valence-corrected chi connectivity index (χ1v) is 15.9. The van der Waals surface area contributed by atoms with Gasteiger partial charge in [0, 0.05) is 17.7 Å². The maximum Gasteiger partial charge on any atom is 0.330 e. The van der Waals surface area contributed by atoms with Crippen LogP contribution in [-0.2, 0) is 4.79 Å². The van der Waals surface area contributed by atoms with Crippen LogP contribution in [0.5, 0.6) is 17.2 Å². The van der Waals surface area contributed by atoms with Gasteiger partial charge in [-0.05, 0) is 106 Å². The van der Waals surface area contributed by atoms with Crippen molar-refractivity contribution in [2.75, 3.05) is 41.5 Å². The van der Waals surface area contributed by atoms with Crippen molar-refractivity contribution in [3.8, 4) is 39.6 Å². The van der Waals surface area contributed by atoms with E-state index in [2.05, 4.69) is 5.32 Å². The number of amides is 1. The highest BCUT2D eigenvalue weighted by Gasteiger charge is 2.62. The first-order chi connectivity index (χ1) is 21.6. The fraction of sp³-hybridized carbons (Fsp3) is 0.457. The number of halogens is 2. The van der Waals surface area contributed by atoms with E-state index in [-0.39, 0.29) is 29.9 Å². The summed E-state index contributed by atoms with van der Waals surface area (Å²) in [6, 6.07) is 14.3. The van der Waals surface area contributed by atoms with Crippen LogP contribution in [0, 0.1) is 23.7 Å². The lowest BCUT2D eigenvalue weighted by Crippen LogP contribution is -2.70. The van der Waals surface area contributed by atoms with Crippen molar-refractivity contribution in [3.05, 3.63) is 59.2 Å². The number of carbonyl (C=O) groups excluding carboxylic acids is 1. The maximum atomic E-state index is 14.0. The molecule has 0 radical (unpaired) electrons. The molecule has 0 unspecified atom stereocenters. The number of rotatable bonds is 11. The Labute approximate surface area is 281 Å². The topological polar surface area (TPSA) is 110 Å². The lowest BCUT2D eigenvalue weighted by molar-refractivity contribution is -0.163. The Morgan fingerprint density at radius 2 is 1.59 bits per heavy atom. The van der Waals surface area contributed by atoms with Gasteiger partial charge in [-0.1, -0.05) is 23.7 Å². The van der Waals surface area contributed by atoms with E-state index in [0.717, 1.165) is 25.7 Å². The van der Waals surface area contributed by atoms with E-state index >= 15 is 0 Å². The number of aliphatic carboxylic acids is 1. The first kappa shape index (κ1) is 33.8.